The zero-order valence-corrected chi connectivity index (χ0v) is 16.3. The van der Waals surface area contributed by atoms with Gasteiger partial charge in [0.2, 0.25) is 0 Å². The molecule has 1 amide bonds. The number of rotatable bonds is 6. The van der Waals surface area contributed by atoms with Crippen molar-refractivity contribution in [2.45, 2.75) is 4.90 Å². The molecule has 9 heteroatoms. The summed E-state index contributed by atoms with van der Waals surface area (Å²) in [7, 11) is -1.34. The van der Waals surface area contributed by atoms with E-state index in [-0.39, 0.29) is 24.0 Å². The molecule has 1 atom stereocenters. The van der Waals surface area contributed by atoms with E-state index in [1.165, 1.54) is 24.5 Å². The fourth-order valence-electron chi connectivity index (χ4n) is 3.02. The molecule has 28 heavy (non-hydrogen) atoms. The molecule has 1 unspecified atom stereocenters. The average molecular weight is 403 g/mol. The van der Waals surface area contributed by atoms with Crippen LogP contribution in [-0.4, -0.2) is 59.0 Å². The Morgan fingerprint density at radius 1 is 1.14 bits per heavy atom. The van der Waals surface area contributed by atoms with Crippen molar-refractivity contribution in [3.63, 3.8) is 0 Å². The Bertz CT molecular complexity index is 882. The number of anilines is 1. The third-order valence-electron chi connectivity index (χ3n) is 4.56. The molecular formula is C19H21N3O5S. The number of piperazine rings is 1. The summed E-state index contributed by atoms with van der Waals surface area (Å²) in [5, 5.41) is 11.2. The van der Waals surface area contributed by atoms with E-state index in [2.05, 4.69) is 4.90 Å². The number of nitro benzene ring substituents is 1. The third kappa shape index (κ3) is 4.66. The van der Waals surface area contributed by atoms with E-state index in [9.17, 15) is 19.1 Å². The molecule has 148 valence electrons. The van der Waals surface area contributed by atoms with Crippen molar-refractivity contribution in [2.75, 3.05) is 43.9 Å². The van der Waals surface area contributed by atoms with Crippen LogP contribution in [0.15, 0.2) is 53.4 Å². The Hall–Kier alpha value is -2.94. The Morgan fingerprint density at radius 2 is 1.82 bits per heavy atom. The highest BCUT2D eigenvalue weighted by molar-refractivity contribution is 7.84. The second-order valence-electron chi connectivity index (χ2n) is 6.33. The zero-order valence-electron chi connectivity index (χ0n) is 15.4. The second kappa shape index (κ2) is 8.83. The highest BCUT2D eigenvalue weighted by Crippen LogP contribution is 2.29. The maximum Gasteiger partial charge on any atom is 0.312 e. The van der Waals surface area contributed by atoms with E-state index in [0.717, 1.165) is 5.69 Å². The summed E-state index contributed by atoms with van der Waals surface area (Å²) in [6, 6.07) is 14.1. The van der Waals surface area contributed by atoms with Crippen LogP contribution in [0.5, 0.6) is 5.75 Å². The SMILES string of the molecule is CS(=O)c1ccc(OCC(=O)N2CCN(c3ccccc3)CC2)c([N+](=O)[O-])c1. The Morgan fingerprint density at radius 3 is 2.43 bits per heavy atom. The molecule has 1 heterocycles. The maximum absolute atomic E-state index is 12.4. The Labute approximate surface area is 165 Å². The molecule has 0 aliphatic carbocycles. The molecule has 3 rings (SSSR count). The number of carbonyl (C=O) groups excluding carboxylic acids is 1. The molecule has 1 aliphatic rings. The predicted molar refractivity (Wildman–Crippen MR) is 106 cm³/mol. The van der Waals surface area contributed by atoms with Gasteiger partial charge in [0.05, 0.1) is 15.7 Å². The van der Waals surface area contributed by atoms with Gasteiger partial charge in [0.15, 0.2) is 12.4 Å². The quantitative estimate of drug-likeness (QED) is 0.541. The molecule has 0 aromatic heterocycles. The minimum Gasteiger partial charge on any atom is -0.477 e. The minimum atomic E-state index is -1.34. The van der Waals surface area contributed by atoms with Gasteiger partial charge in [-0.1, -0.05) is 18.2 Å². The highest BCUT2D eigenvalue weighted by Gasteiger charge is 2.23. The van der Waals surface area contributed by atoms with Crippen molar-refractivity contribution >= 4 is 28.1 Å². The van der Waals surface area contributed by atoms with E-state index in [1.54, 1.807) is 4.90 Å². The van der Waals surface area contributed by atoms with Gasteiger partial charge in [-0.05, 0) is 24.3 Å². The largest absolute Gasteiger partial charge is 0.477 e. The van der Waals surface area contributed by atoms with Gasteiger partial charge >= 0.3 is 5.69 Å². The number of hydrogen-bond acceptors (Lipinski definition) is 6. The number of ether oxygens (including phenoxy) is 1. The van der Waals surface area contributed by atoms with Gasteiger partial charge in [-0.25, -0.2) is 0 Å². The fourth-order valence-corrected chi connectivity index (χ4v) is 3.56. The van der Waals surface area contributed by atoms with Gasteiger partial charge in [0.25, 0.3) is 5.91 Å². The fraction of sp³-hybridized carbons (Fsp3) is 0.316. The van der Waals surface area contributed by atoms with E-state index in [0.29, 0.717) is 31.1 Å². The zero-order chi connectivity index (χ0) is 20.1. The van der Waals surface area contributed by atoms with Crippen LogP contribution in [0, 0.1) is 10.1 Å². The lowest BCUT2D eigenvalue weighted by Crippen LogP contribution is -2.50. The Kier molecular flexibility index (Phi) is 6.25. The van der Waals surface area contributed by atoms with E-state index in [4.69, 9.17) is 4.74 Å². The van der Waals surface area contributed by atoms with Crippen LogP contribution in [0.25, 0.3) is 0 Å². The first-order chi connectivity index (χ1) is 13.5. The van der Waals surface area contributed by atoms with E-state index < -0.39 is 15.7 Å². The molecule has 1 fully saturated rings. The standard InChI is InChI=1S/C19H21N3O5S/c1-28(26)16-7-8-18(17(13-16)22(24)25)27-14-19(23)21-11-9-20(10-12-21)15-5-3-2-4-6-15/h2-8,13H,9-12,14H2,1H3. The summed E-state index contributed by atoms with van der Waals surface area (Å²) in [6.45, 7) is 2.28. The van der Waals surface area contributed by atoms with Crippen LogP contribution in [0.1, 0.15) is 0 Å². The number of para-hydroxylation sites is 1. The summed E-state index contributed by atoms with van der Waals surface area (Å²) in [6.07, 6.45) is 1.44. The van der Waals surface area contributed by atoms with Gasteiger partial charge in [-0.2, -0.15) is 0 Å². The third-order valence-corrected chi connectivity index (χ3v) is 5.48. The first-order valence-corrected chi connectivity index (χ1v) is 10.3. The van der Waals surface area contributed by atoms with Gasteiger partial charge in [-0.15, -0.1) is 0 Å². The number of hydrogen-bond donors (Lipinski definition) is 0. The van der Waals surface area contributed by atoms with E-state index >= 15 is 0 Å². The summed E-state index contributed by atoms with van der Waals surface area (Å²) in [5.41, 5.74) is 0.823. The summed E-state index contributed by atoms with van der Waals surface area (Å²) in [4.78, 5) is 27.3. The molecule has 0 radical (unpaired) electrons. The van der Waals surface area contributed by atoms with Gasteiger partial charge < -0.3 is 14.5 Å². The highest BCUT2D eigenvalue weighted by atomic mass is 32.2. The lowest BCUT2D eigenvalue weighted by Gasteiger charge is -2.36. The molecule has 0 N–H and O–H groups in total. The van der Waals surface area contributed by atoms with Crippen LogP contribution in [0.4, 0.5) is 11.4 Å². The number of nitrogens with zero attached hydrogens (tertiary/aromatic N) is 3. The van der Waals surface area contributed by atoms with Crippen molar-refractivity contribution in [3.8, 4) is 5.75 Å². The normalized spacial score (nSPS) is 15.2. The van der Waals surface area contributed by atoms with Crippen molar-refractivity contribution < 1.29 is 18.7 Å². The van der Waals surface area contributed by atoms with Crippen molar-refractivity contribution in [3.05, 3.63) is 58.6 Å². The van der Waals surface area contributed by atoms with Gasteiger partial charge in [-0.3, -0.25) is 19.1 Å². The lowest BCUT2D eigenvalue weighted by molar-refractivity contribution is -0.386. The number of benzene rings is 2. The average Bonchev–Trinajstić information content (AvgIpc) is 2.72. The minimum absolute atomic E-state index is 0.00419. The van der Waals surface area contributed by atoms with Crippen molar-refractivity contribution in [2.24, 2.45) is 0 Å². The molecule has 2 aromatic rings. The summed E-state index contributed by atoms with van der Waals surface area (Å²) in [5.74, 6) is -0.222. The van der Waals surface area contributed by atoms with Crippen molar-refractivity contribution in [1.82, 2.24) is 4.90 Å². The molecule has 0 bridgehead atoms. The summed E-state index contributed by atoms with van der Waals surface area (Å²) >= 11 is 0. The predicted octanol–water partition coefficient (Wildman–Crippen LogP) is 2.06. The molecule has 2 aromatic carbocycles. The summed E-state index contributed by atoms with van der Waals surface area (Å²) < 4.78 is 16.9. The number of nitro groups is 1. The van der Waals surface area contributed by atoms with Crippen LogP contribution in [0.2, 0.25) is 0 Å². The van der Waals surface area contributed by atoms with Crippen LogP contribution >= 0.6 is 0 Å². The maximum atomic E-state index is 12.4. The Balaban J connectivity index is 1.58. The van der Waals surface area contributed by atoms with E-state index in [1.807, 2.05) is 30.3 Å². The molecule has 1 saturated heterocycles. The first kappa shape index (κ1) is 19.8. The van der Waals surface area contributed by atoms with Gasteiger partial charge in [0.1, 0.15) is 0 Å². The molecule has 1 aliphatic heterocycles. The van der Waals surface area contributed by atoms with Gasteiger partial charge in [0, 0.05) is 49.1 Å². The smallest absolute Gasteiger partial charge is 0.312 e. The molecule has 8 nitrogen and oxygen atoms in total. The topological polar surface area (TPSA) is 93.0 Å². The van der Waals surface area contributed by atoms with Crippen molar-refractivity contribution in [1.29, 1.82) is 0 Å². The number of carbonyl (C=O) groups is 1. The van der Waals surface area contributed by atoms with Crippen LogP contribution in [-0.2, 0) is 15.6 Å². The van der Waals surface area contributed by atoms with Crippen LogP contribution in [0.3, 0.4) is 0 Å². The second-order valence-corrected chi connectivity index (χ2v) is 7.71. The molecule has 0 saturated carbocycles. The number of amides is 1. The monoisotopic (exact) mass is 403 g/mol. The first-order valence-electron chi connectivity index (χ1n) is 8.78. The van der Waals surface area contributed by atoms with Crippen LogP contribution < -0.4 is 9.64 Å². The molecular weight excluding hydrogens is 382 g/mol. The lowest BCUT2D eigenvalue weighted by atomic mass is 10.2. The molecule has 0 spiro atoms.